The first-order valence-corrected chi connectivity index (χ1v) is 9.16. The lowest BCUT2D eigenvalue weighted by Gasteiger charge is -2.36. The zero-order valence-electron chi connectivity index (χ0n) is 12.3. The van der Waals surface area contributed by atoms with Crippen LogP contribution in [0, 0.1) is 0 Å². The van der Waals surface area contributed by atoms with Crippen molar-refractivity contribution in [2.75, 3.05) is 0 Å². The second kappa shape index (κ2) is 5.40. The summed E-state index contributed by atoms with van der Waals surface area (Å²) in [5.41, 5.74) is -0.270. The van der Waals surface area contributed by atoms with Gasteiger partial charge in [-0.1, -0.05) is 25.3 Å². The number of thiophene rings is 1. The summed E-state index contributed by atoms with van der Waals surface area (Å²) in [6.07, 6.45) is 9.55. The molecule has 4 rings (SSSR count). The third-order valence-electron chi connectivity index (χ3n) is 5.56. The van der Waals surface area contributed by atoms with Gasteiger partial charge in [-0.3, -0.25) is 4.79 Å². The summed E-state index contributed by atoms with van der Waals surface area (Å²) in [7, 11) is 0. The van der Waals surface area contributed by atoms with E-state index in [0.717, 1.165) is 25.7 Å². The van der Waals surface area contributed by atoms with E-state index < -0.39 is 0 Å². The minimum absolute atomic E-state index is 0.245. The predicted octanol–water partition coefficient (Wildman–Crippen LogP) is 3.39. The molecule has 1 aromatic heterocycles. The van der Waals surface area contributed by atoms with Crippen molar-refractivity contribution in [3.8, 4) is 0 Å². The Balaban J connectivity index is 1.54. The van der Waals surface area contributed by atoms with Gasteiger partial charge < -0.3 is 10.1 Å². The van der Waals surface area contributed by atoms with Crippen molar-refractivity contribution in [2.45, 2.75) is 75.0 Å². The number of carbonyl (C=O) groups excluding carboxylic acids is 1. The van der Waals surface area contributed by atoms with Crippen molar-refractivity contribution in [3.05, 3.63) is 22.4 Å². The van der Waals surface area contributed by atoms with Crippen molar-refractivity contribution >= 4 is 17.2 Å². The van der Waals surface area contributed by atoms with Gasteiger partial charge >= 0.3 is 0 Å². The average molecular weight is 305 g/mol. The number of carbonyl (C=O) groups is 1. The number of hydrogen-bond acceptors (Lipinski definition) is 3. The van der Waals surface area contributed by atoms with E-state index in [2.05, 4.69) is 22.8 Å². The molecule has 3 nitrogen and oxygen atoms in total. The van der Waals surface area contributed by atoms with Gasteiger partial charge in [0.2, 0.25) is 5.91 Å². The molecule has 2 bridgehead atoms. The molecule has 4 heteroatoms. The van der Waals surface area contributed by atoms with E-state index in [0.29, 0.717) is 6.10 Å². The first-order valence-electron chi connectivity index (χ1n) is 8.28. The lowest BCUT2D eigenvalue weighted by Crippen LogP contribution is -2.51. The van der Waals surface area contributed by atoms with Crippen molar-refractivity contribution in [1.82, 2.24) is 5.32 Å². The topological polar surface area (TPSA) is 38.3 Å². The molecule has 1 aromatic rings. The van der Waals surface area contributed by atoms with Gasteiger partial charge in [0.1, 0.15) is 0 Å². The van der Waals surface area contributed by atoms with E-state index in [1.807, 2.05) is 0 Å². The fraction of sp³-hybridized carbons (Fsp3) is 0.706. The molecule has 1 saturated carbocycles. The third-order valence-corrected chi connectivity index (χ3v) is 6.63. The fourth-order valence-electron chi connectivity index (χ4n) is 4.39. The Morgan fingerprint density at radius 2 is 2.14 bits per heavy atom. The smallest absolute Gasteiger partial charge is 0.231 e. The minimum Gasteiger partial charge on any atom is -0.373 e. The largest absolute Gasteiger partial charge is 0.373 e. The van der Waals surface area contributed by atoms with Gasteiger partial charge in [0.15, 0.2) is 0 Å². The molecular weight excluding hydrogens is 282 g/mol. The van der Waals surface area contributed by atoms with Crippen molar-refractivity contribution in [3.63, 3.8) is 0 Å². The van der Waals surface area contributed by atoms with Gasteiger partial charge in [-0.15, -0.1) is 11.3 Å². The summed E-state index contributed by atoms with van der Waals surface area (Å²) in [5.74, 6) is 0.255. The fourth-order valence-corrected chi connectivity index (χ4v) is 5.37. The van der Waals surface area contributed by atoms with E-state index in [9.17, 15) is 4.79 Å². The second-order valence-electron chi connectivity index (χ2n) is 6.81. The highest BCUT2D eigenvalue weighted by molar-refractivity contribution is 7.10. The first kappa shape index (κ1) is 13.8. The van der Waals surface area contributed by atoms with Crippen LogP contribution in [-0.2, 0) is 14.9 Å². The summed E-state index contributed by atoms with van der Waals surface area (Å²) in [6.45, 7) is 0. The SMILES string of the molecule is O=C(N[C@@H]1C[C@H]2CC[C@@H]1O2)C1(c2cccs2)CCCCC1. The van der Waals surface area contributed by atoms with E-state index in [-0.39, 0.29) is 23.5 Å². The van der Waals surface area contributed by atoms with E-state index in [1.165, 1.54) is 30.6 Å². The first-order chi connectivity index (χ1) is 10.3. The Labute approximate surface area is 130 Å². The average Bonchev–Trinajstić information content (AvgIpc) is 3.25. The van der Waals surface area contributed by atoms with Gasteiger partial charge in [-0.2, -0.15) is 0 Å². The van der Waals surface area contributed by atoms with Crippen molar-refractivity contribution < 1.29 is 9.53 Å². The van der Waals surface area contributed by atoms with Crippen LogP contribution in [0.2, 0.25) is 0 Å². The van der Waals surface area contributed by atoms with E-state index in [1.54, 1.807) is 11.3 Å². The minimum atomic E-state index is -0.270. The molecule has 2 saturated heterocycles. The Kier molecular flexibility index (Phi) is 3.54. The summed E-state index contributed by atoms with van der Waals surface area (Å²) >= 11 is 1.74. The third kappa shape index (κ3) is 2.33. The van der Waals surface area contributed by atoms with E-state index in [4.69, 9.17) is 4.74 Å². The van der Waals surface area contributed by atoms with Gasteiger partial charge in [0.25, 0.3) is 0 Å². The van der Waals surface area contributed by atoms with Crippen LogP contribution in [-0.4, -0.2) is 24.2 Å². The lowest BCUT2D eigenvalue weighted by atomic mass is 9.72. The van der Waals surface area contributed by atoms with Gasteiger partial charge in [-0.05, 0) is 43.6 Å². The molecule has 1 aliphatic carbocycles. The molecule has 0 radical (unpaired) electrons. The lowest BCUT2D eigenvalue weighted by molar-refractivity contribution is -0.129. The maximum Gasteiger partial charge on any atom is 0.231 e. The zero-order valence-corrected chi connectivity index (χ0v) is 13.2. The van der Waals surface area contributed by atoms with Crippen LogP contribution < -0.4 is 5.32 Å². The van der Waals surface area contributed by atoms with Gasteiger partial charge in [0.05, 0.1) is 23.7 Å². The maximum atomic E-state index is 13.1. The molecule has 0 aromatic carbocycles. The molecule has 1 amide bonds. The number of fused-ring (bicyclic) bond motifs is 2. The monoisotopic (exact) mass is 305 g/mol. The molecule has 2 aliphatic heterocycles. The maximum absolute atomic E-state index is 13.1. The predicted molar refractivity (Wildman–Crippen MR) is 83.5 cm³/mol. The quantitative estimate of drug-likeness (QED) is 0.929. The van der Waals surface area contributed by atoms with Crippen LogP contribution in [0.1, 0.15) is 56.2 Å². The van der Waals surface area contributed by atoms with Crippen LogP contribution in [0.3, 0.4) is 0 Å². The molecule has 3 aliphatic rings. The molecule has 0 unspecified atom stereocenters. The summed E-state index contributed by atoms with van der Waals surface area (Å²) in [6, 6.07) is 4.46. The molecule has 1 N–H and O–H groups in total. The van der Waals surface area contributed by atoms with E-state index >= 15 is 0 Å². The molecule has 3 fully saturated rings. The highest BCUT2D eigenvalue weighted by Crippen LogP contribution is 2.43. The highest BCUT2D eigenvalue weighted by atomic mass is 32.1. The number of nitrogens with one attached hydrogen (secondary N) is 1. The second-order valence-corrected chi connectivity index (χ2v) is 7.76. The van der Waals surface area contributed by atoms with Crippen LogP contribution in [0.25, 0.3) is 0 Å². The van der Waals surface area contributed by atoms with Crippen LogP contribution >= 0.6 is 11.3 Å². The molecule has 3 atom stereocenters. The Morgan fingerprint density at radius 1 is 1.29 bits per heavy atom. The standard InChI is InChI=1S/C17H23NO2S/c19-16(18-13-11-12-6-7-14(13)20-12)17(8-2-1-3-9-17)15-5-4-10-21-15/h4-5,10,12-14H,1-3,6-9,11H2,(H,18,19)/t12-,13-,14+/m1/s1. The number of rotatable bonds is 3. The van der Waals surface area contributed by atoms with Gasteiger partial charge in [0, 0.05) is 4.88 Å². The molecule has 21 heavy (non-hydrogen) atoms. The highest BCUT2D eigenvalue weighted by Gasteiger charge is 2.46. The normalized spacial score (nSPS) is 34.0. The van der Waals surface area contributed by atoms with Crippen LogP contribution in [0.5, 0.6) is 0 Å². The molecule has 3 heterocycles. The number of ether oxygens (including phenoxy) is 1. The Morgan fingerprint density at radius 3 is 2.76 bits per heavy atom. The van der Waals surface area contributed by atoms with Crippen molar-refractivity contribution in [1.29, 1.82) is 0 Å². The Bertz CT molecular complexity index is 507. The number of hydrogen-bond donors (Lipinski definition) is 1. The number of amides is 1. The molecule has 0 spiro atoms. The van der Waals surface area contributed by atoms with Crippen molar-refractivity contribution in [2.24, 2.45) is 0 Å². The summed E-state index contributed by atoms with van der Waals surface area (Å²) < 4.78 is 5.88. The molecular formula is C17H23NO2S. The summed E-state index contributed by atoms with van der Waals surface area (Å²) in [4.78, 5) is 14.3. The van der Waals surface area contributed by atoms with Gasteiger partial charge in [-0.25, -0.2) is 0 Å². The molecule has 114 valence electrons. The Hall–Kier alpha value is -0.870. The van der Waals surface area contributed by atoms with Crippen LogP contribution in [0.15, 0.2) is 17.5 Å². The zero-order chi connectivity index (χ0) is 14.3. The summed E-state index contributed by atoms with van der Waals surface area (Å²) in [5, 5.41) is 5.45. The van der Waals surface area contributed by atoms with Crippen LogP contribution in [0.4, 0.5) is 0 Å².